The topological polar surface area (TPSA) is 51.0 Å². The molecule has 0 saturated carbocycles. The molecule has 1 fully saturated rings. The van der Waals surface area contributed by atoms with Gasteiger partial charge >= 0.3 is 0 Å². The maximum Gasteiger partial charge on any atom is 0.265 e. The van der Waals surface area contributed by atoms with E-state index < -0.39 is 5.67 Å². The van der Waals surface area contributed by atoms with Crippen molar-refractivity contribution in [1.29, 1.82) is 0 Å². The van der Waals surface area contributed by atoms with Gasteiger partial charge in [0.2, 0.25) is 5.67 Å². The molecule has 1 aromatic heterocycles. The third-order valence-electron chi connectivity index (χ3n) is 2.18. The van der Waals surface area contributed by atoms with E-state index in [0.29, 0.717) is 6.42 Å². The molecule has 1 saturated heterocycles. The number of hydrogen-bond acceptors (Lipinski definition) is 4. The fraction of sp³-hybridized carbons (Fsp3) is 0.750. The maximum atomic E-state index is 14.1. The van der Waals surface area contributed by atoms with Gasteiger partial charge in [0.15, 0.2) is 5.82 Å². The first-order valence-electron chi connectivity index (χ1n) is 4.97. The van der Waals surface area contributed by atoms with Gasteiger partial charge in [0.05, 0.1) is 0 Å². The highest BCUT2D eigenvalue weighted by molar-refractivity contribution is 5.01. The molecule has 5 heteroatoms. The van der Waals surface area contributed by atoms with E-state index in [4.69, 9.17) is 5.89 Å². The van der Waals surface area contributed by atoms with Crippen molar-refractivity contribution in [2.45, 2.75) is 25.4 Å². The lowest BCUT2D eigenvalue weighted by molar-refractivity contribution is 0.0785. The molecule has 1 aromatic rings. The van der Waals surface area contributed by atoms with Crippen LogP contribution in [0.1, 0.15) is 25.9 Å². The second kappa shape index (κ2) is 3.06. The molecule has 2 rings (SSSR count). The van der Waals surface area contributed by atoms with Crippen LogP contribution in [0.4, 0.5) is 4.39 Å². The Bertz CT molecular complexity index is 311. The average Bonchev–Trinajstić information content (AvgIpc) is 2.67. The molecule has 4 nitrogen and oxygen atoms in total. The van der Waals surface area contributed by atoms with Gasteiger partial charge in [-0.2, -0.15) is 4.98 Å². The second-order valence-corrected chi connectivity index (χ2v) is 3.26. The van der Waals surface area contributed by atoms with Crippen LogP contribution in [0.3, 0.4) is 0 Å². The van der Waals surface area contributed by atoms with E-state index in [9.17, 15) is 4.39 Å². The Morgan fingerprint density at radius 2 is 2.69 bits per heavy atom. The lowest BCUT2D eigenvalue weighted by Gasteiger charge is -2.26. The number of nitrogens with zero attached hydrogens (tertiary/aromatic N) is 2. The molecule has 0 aliphatic carbocycles. The summed E-state index contributed by atoms with van der Waals surface area (Å²) < 4.78 is 25.9. The zero-order valence-corrected chi connectivity index (χ0v) is 7.22. The summed E-state index contributed by atoms with van der Waals surface area (Å²) in [5.74, 6) is 0.245. The molecule has 0 bridgehead atoms. The minimum Gasteiger partial charge on any atom is -0.336 e. The summed E-state index contributed by atoms with van der Waals surface area (Å²) in [4.78, 5) is 3.84. The zero-order valence-electron chi connectivity index (χ0n) is 8.22. The Balaban J connectivity index is 2.19. The third kappa shape index (κ3) is 1.56. The van der Waals surface area contributed by atoms with Crippen molar-refractivity contribution in [1.82, 2.24) is 15.5 Å². The van der Waals surface area contributed by atoms with Crippen molar-refractivity contribution in [3.8, 4) is 0 Å². The summed E-state index contributed by atoms with van der Waals surface area (Å²) in [6.45, 7) is 0.963. The molecule has 1 atom stereocenters. The van der Waals surface area contributed by atoms with Crippen molar-refractivity contribution in [2.75, 3.05) is 13.1 Å². The molecule has 1 N–H and O–H groups in total. The second-order valence-electron chi connectivity index (χ2n) is 3.26. The molecule has 0 radical (unpaired) electrons. The van der Waals surface area contributed by atoms with Crippen LogP contribution >= 0.6 is 0 Å². The van der Waals surface area contributed by atoms with E-state index in [1.54, 1.807) is 0 Å². The van der Waals surface area contributed by atoms with Crippen molar-refractivity contribution < 1.29 is 10.3 Å². The highest BCUT2D eigenvalue weighted by Gasteiger charge is 2.39. The summed E-state index contributed by atoms with van der Waals surface area (Å²) in [5, 5.41) is 6.47. The van der Waals surface area contributed by atoms with Crippen LogP contribution in [0, 0.1) is 6.90 Å². The van der Waals surface area contributed by atoms with Crippen LogP contribution in [0.15, 0.2) is 4.52 Å². The Morgan fingerprint density at radius 1 is 1.77 bits per heavy atom. The Kier molecular flexibility index (Phi) is 1.75. The maximum absolute atomic E-state index is 14.1. The van der Waals surface area contributed by atoms with Crippen LogP contribution in [0.2, 0.25) is 0 Å². The number of aromatic nitrogens is 2. The summed E-state index contributed by atoms with van der Waals surface area (Å²) in [7, 11) is 0. The molecule has 13 heavy (non-hydrogen) atoms. The van der Waals surface area contributed by atoms with Crippen molar-refractivity contribution in [2.24, 2.45) is 0 Å². The third-order valence-corrected chi connectivity index (χ3v) is 2.18. The van der Waals surface area contributed by atoms with Gasteiger partial charge in [-0.3, -0.25) is 0 Å². The number of piperidine rings is 1. The van der Waals surface area contributed by atoms with E-state index in [0.717, 1.165) is 13.0 Å². The zero-order chi connectivity index (χ0) is 10.0. The van der Waals surface area contributed by atoms with Crippen molar-refractivity contribution in [3.05, 3.63) is 11.7 Å². The Hall–Kier alpha value is -0.970. The normalized spacial score (nSPS) is 30.1. The molecule has 1 aliphatic rings. The van der Waals surface area contributed by atoms with E-state index in [1.165, 1.54) is 0 Å². The molecule has 0 unspecified atom stereocenters. The molecule has 72 valence electrons. The van der Waals surface area contributed by atoms with E-state index in [-0.39, 0.29) is 25.2 Å². The summed E-state index contributed by atoms with van der Waals surface area (Å²) in [6.07, 6.45) is 1.16. The first kappa shape index (κ1) is 7.44. The number of halogens is 1. The molecule has 0 amide bonds. The van der Waals surface area contributed by atoms with Gasteiger partial charge in [-0.15, -0.1) is 0 Å². The minimum atomic E-state index is -1.54. The molecule has 0 spiro atoms. The fourth-order valence-electron chi connectivity index (χ4n) is 1.49. The van der Waals surface area contributed by atoms with Gasteiger partial charge in [0.1, 0.15) is 0 Å². The predicted molar refractivity (Wildman–Crippen MR) is 43.9 cm³/mol. The van der Waals surface area contributed by atoms with Crippen molar-refractivity contribution in [3.63, 3.8) is 0 Å². The Morgan fingerprint density at radius 3 is 3.31 bits per heavy atom. The molecular formula is C8H12FN3O. The highest BCUT2D eigenvalue weighted by atomic mass is 19.1. The van der Waals surface area contributed by atoms with Crippen LogP contribution in [-0.2, 0) is 5.67 Å². The van der Waals surface area contributed by atoms with Gasteiger partial charge in [0, 0.05) is 7.92 Å². The number of aryl methyl sites for hydroxylation is 1. The van der Waals surface area contributed by atoms with E-state index in [1.807, 2.05) is 0 Å². The van der Waals surface area contributed by atoms with Crippen LogP contribution in [0.5, 0.6) is 0 Å². The van der Waals surface area contributed by atoms with Crippen LogP contribution in [-0.4, -0.2) is 23.2 Å². The van der Waals surface area contributed by atoms with Crippen LogP contribution in [0.25, 0.3) is 0 Å². The van der Waals surface area contributed by atoms with E-state index >= 15 is 0 Å². The van der Waals surface area contributed by atoms with Gasteiger partial charge < -0.3 is 9.84 Å². The first-order valence-corrected chi connectivity index (χ1v) is 4.26. The highest BCUT2D eigenvalue weighted by Crippen LogP contribution is 2.31. The number of hydrogen-bond donors (Lipinski definition) is 1. The number of alkyl halides is 1. The predicted octanol–water partition coefficient (Wildman–Crippen LogP) is 0.926. The molecule has 0 aromatic carbocycles. The summed E-state index contributed by atoms with van der Waals surface area (Å²) >= 11 is 0. The first-order chi connectivity index (χ1) is 6.74. The lowest BCUT2D eigenvalue weighted by atomic mass is 9.96. The molecule has 2 heterocycles. The van der Waals surface area contributed by atoms with Crippen LogP contribution < -0.4 is 5.32 Å². The van der Waals surface area contributed by atoms with E-state index in [2.05, 4.69) is 15.5 Å². The van der Waals surface area contributed by atoms with Gasteiger partial charge in [-0.05, 0) is 26.3 Å². The SMILES string of the molecule is [2H]Cc1noc([C@@]2(F)CCCNC2)n1. The smallest absolute Gasteiger partial charge is 0.265 e. The summed E-state index contributed by atoms with van der Waals surface area (Å²) in [5.41, 5.74) is -1.54. The monoisotopic (exact) mass is 186 g/mol. The van der Waals surface area contributed by atoms with Gasteiger partial charge in [-0.25, -0.2) is 4.39 Å². The quantitative estimate of drug-likeness (QED) is 0.708. The standard InChI is InChI=1S/C8H12FN3O/c1-6-11-7(13-12-6)8(9)3-2-4-10-5-8/h10H,2-5H2,1H3/t8-/m1/s1/i1D. The van der Waals surface area contributed by atoms with Crippen molar-refractivity contribution >= 4 is 0 Å². The number of rotatable bonds is 1. The largest absolute Gasteiger partial charge is 0.336 e. The summed E-state index contributed by atoms with van der Waals surface area (Å²) in [6, 6.07) is 0. The fourth-order valence-corrected chi connectivity index (χ4v) is 1.49. The van der Waals surface area contributed by atoms with Gasteiger partial charge in [0.25, 0.3) is 5.89 Å². The molecule has 1 aliphatic heterocycles. The molecular weight excluding hydrogens is 173 g/mol. The number of nitrogens with one attached hydrogen (secondary N) is 1. The lowest BCUT2D eigenvalue weighted by Crippen LogP contribution is -2.40. The Labute approximate surface area is 76.9 Å². The average molecular weight is 186 g/mol. The van der Waals surface area contributed by atoms with Gasteiger partial charge in [-0.1, -0.05) is 5.16 Å². The minimum absolute atomic E-state index is 0.00644.